The van der Waals surface area contributed by atoms with Gasteiger partial charge in [0.05, 0.1) is 23.4 Å². The maximum Gasteiger partial charge on any atom is 0.337 e. The monoisotopic (exact) mass is 393 g/mol. The fraction of sp³-hybridized carbons (Fsp3) is 0.100. The molecule has 2 aromatic carbocycles. The minimum absolute atomic E-state index is 0.219. The van der Waals surface area contributed by atoms with Crippen LogP contribution in [0, 0.1) is 0 Å². The Labute approximate surface area is 164 Å². The summed E-state index contributed by atoms with van der Waals surface area (Å²) in [6, 6.07) is 13.0. The van der Waals surface area contributed by atoms with Gasteiger partial charge in [0.1, 0.15) is 5.75 Å². The van der Waals surface area contributed by atoms with Crippen molar-refractivity contribution < 1.29 is 19.1 Å². The van der Waals surface area contributed by atoms with Crippen molar-refractivity contribution >= 4 is 34.3 Å². The zero-order valence-electron chi connectivity index (χ0n) is 14.8. The number of thiazole rings is 1. The van der Waals surface area contributed by atoms with Crippen LogP contribution in [0.5, 0.6) is 5.75 Å². The highest BCUT2D eigenvalue weighted by atomic mass is 32.1. The number of carbonyl (C=O) groups excluding carboxylic acids is 3. The van der Waals surface area contributed by atoms with Crippen LogP contribution in [-0.4, -0.2) is 34.3 Å². The van der Waals surface area contributed by atoms with Crippen molar-refractivity contribution in [2.75, 3.05) is 11.9 Å². The summed E-state index contributed by atoms with van der Waals surface area (Å²) in [6.07, 6.45) is 0. The summed E-state index contributed by atoms with van der Waals surface area (Å²) in [7, 11) is 0. The Balaban J connectivity index is 1.49. The topological polar surface area (TPSA) is 88.6 Å². The summed E-state index contributed by atoms with van der Waals surface area (Å²) < 4.78 is 5.41. The number of ether oxygens (including phenoxy) is 1. The third-order valence-electron chi connectivity index (χ3n) is 4.18. The first-order chi connectivity index (χ1) is 13.6. The Morgan fingerprint density at radius 2 is 1.71 bits per heavy atom. The van der Waals surface area contributed by atoms with Gasteiger partial charge in [-0.3, -0.25) is 14.9 Å². The number of hydrogen-bond donors (Lipinski definition) is 1. The molecule has 0 fully saturated rings. The number of imide groups is 3. The quantitative estimate of drug-likeness (QED) is 0.676. The van der Waals surface area contributed by atoms with Gasteiger partial charge in [-0.25, -0.2) is 9.78 Å². The second-order valence-electron chi connectivity index (χ2n) is 5.92. The Bertz CT molecular complexity index is 1040. The molecule has 0 radical (unpaired) electrons. The zero-order chi connectivity index (χ0) is 19.7. The van der Waals surface area contributed by atoms with Gasteiger partial charge in [-0.15, -0.1) is 11.3 Å². The number of nitrogens with zero attached hydrogens (tertiary/aromatic N) is 2. The third-order valence-corrected chi connectivity index (χ3v) is 4.93. The Morgan fingerprint density at radius 1 is 1.07 bits per heavy atom. The lowest BCUT2D eigenvalue weighted by atomic mass is 10.1. The average molecular weight is 393 g/mol. The molecule has 0 unspecified atom stereocenters. The molecule has 0 saturated heterocycles. The minimum atomic E-state index is -0.821. The van der Waals surface area contributed by atoms with Crippen molar-refractivity contribution in [1.29, 1.82) is 0 Å². The second-order valence-corrected chi connectivity index (χ2v) is 6.77. The summed E-state index contributed by atoms with van der Waals surface area (Å²) in [5.41, 5.74) is 1.97. The predicted octanol–water partition coefficient (Wildman–Crippen LogP) is 4.04. The lowest BCUT2D eigenvalue weighted by Crippen LogP contribution is -2.39. The van der Waals surface area contributed by atoms with Crippen molar-refractivity contribution in [3.63, 3.8) is 0 Å². The van der Waals surface area contributed by atoms with Gasteiger partial charge in [-0.1, -0.05) is 12.1 Å². The summed E-state index contributed by atoms with van der Waals surface area (Å²) >= 11 is 1.21. The van der Waals surface area contributed by atoms with Gasteiger partial charge in [-0.05, 0) is 43.3 Å². The molecule has 0 saturated carbocycles. The largest absolute Gasteiger partial charge is 0.494 e. The van der Waals surface area contributed by atoms with E-state index in [4.69, 9.17) is 4.74 Å². The van der Waals surface area contributed by atoms with Gasteiger partial charge < -0.3 is 4.74 Å². The molecule has 140 valence electrons. The van der Waals surface area contributed by atoms with Crippen LogP contribution in [0.15, 0.2) is 53.9 Å². The molecule has 2 heterocycles. The molecule has 1 aliphatic rings. The highest BCUT2D eigenvalue weighted by Gasteiger charge is 2.39. The standard InChI is InChI=1S/C20H15N3O4S/c1-2-27-13-9-7-12(8-10-13)16-11-28-19(21-16)22-20(26)23-17(24)14-5-3-4-6-15(14)18(23)25/h3-11H,2H2,1H3,(H,21,22,26). The smallest absolute Gasteiger partial charge is 0.337 e. The number of urea groups is 1. The van der Waals surface area contributed by atoms with Crippen molar-refractivity contribution in [2.45, 2.75) is 6.92 Å². The van der Waals surface area contributed by atoms with Crippen molar-refractivity contribution in [3.05, 3.63) is 65.0 Å². The normalized spacial score (nSPS) is 12.8. The number of aromatic nitrogens is 1. The maximum absolute atomic E-state index is 12.5. The lowest BCUT2D eigenvalue weighted by Gasteiger charge is -2.11. The van der Waals surface area contributed by atoms with E-state index in [-0.39, 0.29) is 11.1 Å². The molecule has 0 atom stereocenters. The van der Waals surface area contributed by atoms with Crippen LogP contribution in [0.3, 0.4) is 0 Å². The van der Waals surface area contributed by atoms with Crippen molar-refractivity contribution in [1.82, 2.24) is 9.88 Å². The van der Waals surface area contributed by atoms with E-state index in [0.717, 1.165) is 11.3 Å². The van der Waals surface area contributed by atoms with E-state index in [1.165, 1.54) is 23.5 Å². The number of fused-ring (bicyclic) bond motifs is 1. The average Bonchev–Trinajstić information content (AvgIpc) is 3.26. The van der Waals surface area contributed by atoms with Gasteiger partial charge in [0, 0.05) is 10.9 Å². The molecule has 4 amide bonds. The minimum Gasteiger partial charge on any atom is -0.494 e. The summed E-state index contributed by atoms with van der Waals surface area (Å²) in [4.78, 5) is 42.2. The fourth-order valence-electron chi connectivity index (χ4n) is 2.87. The Morgan fingerprint density at radius 3 is 2.32 bits per heavy atom. The predicted molar refractivity (Wildman–Crippen MR) is 105 cm³/mol. The number of benzene rings is 2. The van der Waals surface area contributed by atoms with E-state index in [1.807, 2.05) is 31.2 Å². The van der Waals surface area contributed by atoms with Crippen molar-refractivity contribution in [2.24, 2.45) is 0 Å². The molecule has 8 heteroatoms. The summed E-state index contributed by atoms with van der Waals surface area (Å²) in [5.74, 6) is -0.511. The summed E-state index contributed by atoms with van der Waals surface area (Å²) in [6.45, 7) is 2.50. The van der Waals surface area contributed by atoms with E-state index in [9.17, 15) is 14.4 Å². The number of anilines is 1. The van der Waals surface area contributed by atoms with Crippen LogP contribution in [0.4, 0.5) is 9.93 Å². The maximum atomic E-state index is 12.5. The number of hydrogen-bond acceptors (Lipinski definition) is 6. The van der Waals surface area contributed by atoms with Crippen LogP contribution >= 0.6 is 11.3 Å². The first kappa shape index (κ1) is 17.9. The number of rotatable bonds is 4. The zero-order valence-corrected chi connectivity index (χ0v) is 15.7. The van der Waals surface area contributed by atoms with E-state index < -0.39 is 17.8 Å². The molecule has 4 rings (SSSR count). The van der Waals surface area contributed by atoms with Gasteiger partial charge in [0.2, 0.25) is 0 Å². The van der Waals surface area contributed by atoms with E-state index in [1.54, 1.807) is 17.5 Å². The summed E-state index contributed by atoms with van der Waals surface area (Å²) in [5, 5.41) is 4.61. The molecule has 1 aliphatic heterocycles. The van der Waals surface area contributed by atoms with Crippen LogP contribution in [0.25, 0.3) is 11.3 Å². The van der Waals surface area contributed by atoms with Crippen LogP contribution in [0.2, 0.25) is 0 Å². The lowest BCUT2D eigenvalue weighted by molar-refractivity contribution is 0.0713. The molecule has 1 aromatic heterocycles. The molecule has 1 N–H and O–H groups in total. The Hall–Kier alpha value is -3.52. The van der Waals surface area contributed by atoms with Crippen LogP contribution < -0.4 is 10.1 Å². The molecule has 7 nitrogen and oxygen atoms in total. The second kappa shape index (κ2) is 7.24. The number of carbonyl (C=O) groups is 3. The van der Waals surface area contributed by atoms with Crippen molar-refractivity contribution in [3.8, 4) is 17.0 Å². The van der Waals surface area contributed by atoms with Gasteiger partial charge in [0.15, 0.2) is 5.13 Å². The van der Waals surface area contributed by atoms with Crippen LogP contribution in [0.1, 0.15) is 27.6 Å². The number of nitrogens with one attached hydrogen (secondary N) is 1. The van der Waals surface area contributed by atoms with E-state index in [0.29, 0.717) is 22.3 Å². The molecule has 0 aliphatic carbocycles. The van der Waals surface area contributed by atoms with Gasteiger partial charge >= 0.3 is 6.03 Å². The molecule has 28 heavy (non-hydrogen) atoms. The SMILES string of the molecule is CCOc1ccc(-c2csc(NC(=O)N3C(=O)c4ccccc4C3=O)n2)cc1. The molecular formula is C20H15N3O4S. The molecule has 0 spiro atoms. The highest BCUT2D eigenvalue weighted by Crippen LogP contribution is 2.28. The van der Waals surface area contributed by atoms with E-state index >= 15 is 0 Å². The molecule has 3 aromatic rings. The van der Waals surface area contributed by atoms with Gasteiger partial charge in [-0.2, -0.15) is 4.90 Å². The van der Waals surface area contributed by atoms with Gasteiger partial charge in [0.25, 0.3) is 11.8 Å². The fourth-order valence-corrected chi connectivity index (χ4v) is 3.58. The third kappa shape index (κ3) is 3.14. The first-order valence-electron chi connectivity index (χ1n) is 8.56. The highest BCUT2D eigenvalue weighted by molar-refractivity contribution is 7.14. The number of amides is 4. The molecular weight excluding hydrogens is 378 g/mol. The van der Waals surface area contributed by atoms with Crippen LogP contribution in [-0.2, 0) is 0 Å². The first-order valence-corrected chi connectivity index (χ1v) is 9.44. The Kier molecular flexibility index (Phi) is 4.62. The van der Waals surface area contributed by atoms with E-state index in [2.05, 4.69) is 10.3 Å². The molecule has 0 bridgehead atoms.